The molecule has 22 heavy (non-hydrogen) atoms. The lowest BCUT2D eigenvalue weighted by Crippen LogP contribution is -2.44. The monoisotopic (exact) mass is 313 g/mol. The van der Waals surface area contributed by atoms with Crippen molar-refractivity contribution >= 4 is 23.0 Å². The molecule has 0 saturated carbocycles. The number of thiazole rings is 1. The van der Waals surface area contributed by atoms with Crippen LogP contribution in [0.2, 0.25) is 0 Å². The number of ether oxygens (including phenoxy) is 1. The molecule has 6 heteroatoms. The Bertz CT molecular complexity index is 710. The normalized spacial score (nSPS) is 20.5. The molecule has 1 aromatic heterocycles. The van der Waals surface area contributed by atoms with E-state index in [1.165, 1.54) is 11.3 Å². The van der Waals surface area contributed by atoms with E-state index in [9.17, 15) is 4.79 Å². The number of primary amides is 1. The predicted octanol–water partition coefficient (Wildman–Crippen LogP) is 1.96. The second kappa shape index (κ2) is 6.11. The van der Waals surface area contributed by atoms with Crippen LogP contribution >= 0.6 is 11.3 Å². The fourth-order valence-corrected chi connectivity index (χ4v) is 3.00. The van der Waals surface area contributed by atoms with Crippen molar-refractivity contribution in [3.63, 3.8) is 0 Å². The largest absolute Gasteiger partial charge is 0.487 e. The van der Waals surface area contributed by atoms with Crippen molar-refractivity contribution < 1.29 is 9.53 Å². The molecular weight excluding hydrogens is 298 g/mol. The van der Waals surface area contributed by atoms with Crippen molar-refractivity contribution in [2.45, 2.75) is 5.41 Å². The molecule has 0 aliphatic carbocycles. The Morgan fingerprint density at radius 3 is 2.77 bits per heavy atom. The van der Waals surface area contributed by atoms with E-state index in [2.05, 4.69) is 9.98 Å². The van der Waals surface area contributed by atoms with Crippen LogP contribution in [0, 0.1) is 0 Å². The van der Waals surface area contributed by atoms with E-state index in [4.69, 9.17) is 10.5 Å². The van der Waals surface area contributed by atoms with Crippen LogP contribution in [0.3, 0.4) is 0 Å². The second-order valence-electron chi connectivity index (χ2n) is 4.92. The number of hydrogen-bond donors (Lipinski definition) is 1. The molecule has 112 valence electrons. The highest BCUT2D eigenvalue weighted by atomic mass is 32.1. The van der Waals surface area contributed by atoms with Gasteiger partial charge in [0, 0.05) is 11.6 Å². The summed E-state index contributed by atoms with van der Waals surface area (Å²) in [7, 11) is 0. The molecule has 1 aromatic carbocycles. The third-order valence-corrected chi connectivity index (χ3v) is 4.43. The van der Waals surface area contributed by atoms with Crippen molar-refractivity contribution in [1.29, 1.82) is 0 Å². The highest BCUT2D eigenvalue weighted by Gasteiger charge is 2.40. The molecule has 1 unspecified atom stereocenters. The molecule has 0 radical (unpaired) electrons. The third-order valence-electron chi connectivity index (χ3n) is 3.48. The zero-order valence-corrected chi connectivity index (χ0v) is 12.6. The highest BCUT2D eigenvalue weighted by molar-refractivity contribution is 7.09. The van der Waals surface area contributed by atoms with Crippen LogP contribution in [-0.2, 0) is 10.2 Å². The van der Waals surface area contributed by atoms with Crippen molar-refractivity contribution in [3.8, 4) is 5.75 Å². The van der Waals surface area contributed by atoms with Gasteiger partial charge in [-0.3, -0.25) is 9.79 Å². The lowest BCUT2D eigenvalue weighted by Gasteiger charge is -2.26. The summed E-state index contributed by atoms with van der Waals surface area (Å²) in [4.78, 5) is 20.6. The zero-order valence-electron chi connectivity index (χ0n) is 11.8. The van der Waals surface area contributed by atoms with E-state index >= 15 is 0 Å². The van der Waals surface area contributed by atoms with E-state index in [1.807, 2.05) is 35.7 Å². The van der Waals surface area contributed by atoms with E-state index in [0.29, 0.717) is 11.6 Å². The van der Waals surface area contributed by atoms with Gasteiger partial charge in [0.05, 0.1) is 12.3 Å². The van der Waals surface area contributed by atoms with Gasteiger partial charge in [-0.05, 0) is 18.2 Å². The fraction of sp³-hybridized carbons (Fsp3) is 0.188. The minimum atomic E-state index is -0.940. The van der Waals surface area contributed by atoms with Gasteiger partial charge in [-0.1, -0.05) is 24.3 Å². The summed E-state index contributed by atoms with van der Waals surface area (Å²) in [5.74, 6) is 0.343. The molecule has 2 heterocycles. The first kappa shape index (κ1) is 14.5. The van der Waals surface area contributed by atoms with Gasteiger partial charge in [0.25, 0.3) is 0 Å². The van der Waals surface area contributed by atoms with Gasteiger partial charge in [-0.25, -0.2) is 4.98 Å². The number of rotatable bonds is 5. The third kappa shape index (κ3) is 2.78. The quantitative estimate of drug-likeness (QED) is 0.916. The predicted molar refractivity (Wildman–Crippen MR) is 86.4 cm³/mol. The number of hydrogen-bond acceptors (Lipinski definition) is 5. The Hall–Kier alpha value is -2.47. The number of carbonyl (C=O) groups excluding carboxylic acids is 1. The van der Waals surface area contributed by atoms with Crippen LogP contribution in [0.15, 0.2) is 59.1 Å². The lowest BCUT2D eigenvalue weighted by atomic mass is 9.85. The molecule has 3 rings (SSSR count). The summed E-state index contributed by atoms with van der Waals surface area (Å²) in [6.07, 6.45) is 5.24. The SMILES string of the molecule is NC(=O)C1(c2nccs2)C=CC(COc2ccccc2)=NC1. The number of dihydropyridines is 1. The molecule has 0 saturated heterocycles. The summed E-state index contributed by atoms with van der Waals surface area (Å²) in [5, 5.41) is 2.49. The summed E-state index contributed by atoms with van der Waals surface area (Å²) in [5.41, 5.74) is 5.42. The van der Waals surface area contributed by atoms with Gasteiger partial charge in [0.1, 0.15) is 22.8 Å². The molecule has 1 atom stereocenters. The lowest BCUT2D eigenvalue weighted by molar-refractivity contribution is -0.121. The van der Waals surface area contributed by atoms with Gasteiger partial charge >= 0.3 is 0 Å². The van der Waals surface area contributed by atoms with Crippen LogP contribution in [0.4, 0.5) is 0 Å². The molecule has 5 nitrogen and oxygen atoms in total. The van der Waals surface area contributed by atoms with Crippen LogP contribution in [0.1, 0.15) is 5.01 Å². The maximum Gasteiger partial charge on any atom is 0.236 e. The molecule has 0 spiro atoms. The van der Waals surface area contributed by atoms with Gasteiger partial charge < -0.3 is 10.5 Å². The Kier molecular flexibility index (Phi) is 4.02. The van der Waals surface area contributed by atoms with Crippen molar-refractivity contribution in [1.82, 2.24) is 4.98 Å². The maximum atomic E-state index is 11.9. The topological polar surface area (TPSA) is 77.6 Å². The fourth-order valence-electron chi connectivity index (χ4n) is 2.19. The first-order valence-electron chi connectivity index (χ1n) is 6.81. The van der Waals surface area contributed by atoms with E-state index in [-0.39, 0.29) is 6.54 Å². The molecule has 2 N–H and O–H groups in total. The Morgan fingerprint density at radius 1 is 1.36 bits per heavy atom. The number of carbonyl (C=O) groups is 1. The summed E-state index contributed by atoms with van der Waals surface area (Å²) in [6, 6.07) is 9.52. The first-order valence-corrected chi connectivity index (χ1v) is 7.69. The Balaban J connectivity index is 1.71. The van der Waals surface area contributed by atoms with Crippen molar-refractivity contribution in [2.75, 3.05) is 13.2 Å². The minimum absolute atomic E-state index is 0.264. The first-order chi connectivity index (χ1) is 10.7. The summed E-state index contributed by atoms with van der Waals surface area (Å²) < 4.78 is 5.65. The molecule has 0 bridgehead atoms. The molecule has 0 fully saturated rings. The number of para-hydroxylation sites is 1. The van der Waals surface area contributed by atoms with Crippen LogP contribution in [0.25, 0.3) is 0 Å². The number of aromatic nitrogens is 1. The number of nitrogens with two attached hydrogens (primary N) is 1. The standard InChI is InChI=1S/C16H15N3O2S/c17-14(20)16(15-18-8-9-22-15)7-6-12(19-11-16)10-21-13-4-2-1-3-5-13/h1-9H,10-11H2,(H2,17,20). The zero-order chi connectivity index (χ0) is 15.4. The molecule has 1 aliphatic heterocycles. The van der Waals surface area contributed by atoms with E-state index in [1.54, 1.807) is 18.3 Å². The van der Waals surface area contributed by atoms with Crippen LogP contribution < -0.4 is 10.5 Å². The van der Waals surface area contributed by atoms with Crippen LogP contribution in [-0.4, -0.2) is 29.8 Å². The molecular formula is C16H15N3O2S. The van der Waals surface area contributed by atoms with Gasteiger partial charge in [0.15, 0.2) is 0 Å². The Morgan fingerprint density at radius 2 is 2.18 bits per heavy atom. The highest BCUT2D eigenvalue weighted by Crippen LogP contribution is 2.30. The average Bonchev–Trinajstić information content (AvgIpc) is 3.09. The van der Waals surface area contributed by atoms with Crippen LogP contribution in [0.5, 0.6) is 5.75 Å². The summed E-state index contributed by atoms with van der Waals surface area (Å²) in [6.45, 7) is 0.618. The maximum absolute atomic E-state index is 11.9. The van der Waals surface area contributed by atoms with Crippen molar-refractivity contribution in [2.24, 2.45) is 10.7 Å². The van der Waals surface area contributed by atoms with Crippen molar-refractivity contribution in [3.05, 3.63) is 59.1 Å². The molecule has 1 aliphatic rings. The number of benzene rings is 1. The second-order valence-corrected chi connectivity index (χ2v) is 5.81. The molecule has 2 aromatic rings. The number of nitrogens with zero attached hydrogens (tertiary/aromatic N) is 2. The van der Waals surface area contributed by atoms with Gasteiger partial charge in [-0.2, -0.15) is 0 Å². The number of amides is 1. The molecule has 1 amide bonds. The van der Waals surface area contributed by atoms with E-state index < -0.39 is 11.3 Å². The minimum Gasteiger partial charge on any atom is -0.487 e. The van der Waals surface area contributed by atoms with Gasteiger partial charge in [0.2, 0.25) is 5.91 Å². The Labute approximate surface area is 132 Å². The van der Waals surface area contributed by atoms with E-state index in [0.717, 1.165) is 11.5 Å². The average molecular weight is 313 g/mol. The smallest absolute Gasteiger partial charge is 0.236 e. The summed E-state index contributed by atoms with van der Waals surface area (Å²) >= 11 is 1.40. The van der Waals surface area contributed by atoms with Gasteiger partial charge in [-0.15, -0.1) is 11.3 Å². The number of aliphatic imine (C=N–C) groups is 1.